The number of ketones is 1. The van der Waals surface area contributed by atoms with E-state index in [1.165, 1.54) is 30.5 Å². The van der Waals surface area contributed by atoms with Crippen LogP contribution in [0.1, 0.15) is 34.3 Å². The van der Waals surface area contributed by atoms with E-state index in [2.05, 4.69) is 5.32 Å². The summed E-state index contributed by atoms with van der Waals surface area (Å²) in [5.41, 5.74) is 0.164. The highest BCUT2D eigenvalue weighted by molar-refractivity contribution is 6.04. The lowest BCUT2D eigenvalue weighted by atomic mass is 10.1. The van der Waals surface area contributed by atoms with Gasteiger partial charge in [0, 0.05) is 5.56 Å². The lowest BCUT2D eigenvalue weighted by Gasteiger charge is -2.16. The number of hydrogen-bond donors (Lipinski definition) is 1. The Morgan fingerprint density at radius 1 is 1.21 bits per heavy atom. The minimum Gasteiger partial charge on any atom is -0.466 e. The summed E-state index contributed by atoms with van der Waals surface area (Å²) < 4.78 is 22.8. The second-order valence-corrected chi connectivity index (χ2v) is 4.88. The third-order valence-corrected chi connectivity index (χ3v) is 3.17. The summed E-state index contributed by atoms with van der Waals surface area (Å²) in [5, 5.41) is 2.46. The lowest BCUT2D eigenvalue weighted by molar-refractivity contribution is -0.143. The van der Waals surface area contributed by atoms with Crippen molar-refractivity contribution in [1.82, 2.24) is 5.32 Å². The van der Waals surface area contributed by atoms with Gasteiger partial charge >= 0.3 is 5.97 Å². The molecule has 2 aromatic rings. The fourth-order valence-corrected chi connectivity index (χ4v) is 2.03. The minimum absolute atomic E-state index is 0.0173. The van der Waals surface area contributed by atoms with E-state index in [0.29, 0.717) is 0 Å². The van der Waals surface area contributed by atoms with Crippen molar-refractivity contribution >= 4 is 17.7 Å². The van der Waals surface area contributed by atoms with Crippen molar-refractivity contribution in [3.63, 3.8) is 0 Å². The molecular formula is C17H16FNO5. The van der Waals surface area contributed by atoms with Gasteiger partial charge in [-0.15, -0.1) is 0 Å². The zero-order valence-electron chi connectivity index (χ0n) is 13.0. The van der Waals surface area contributed by atoms with Gasteiger partial charge in [-0.25, -0.2) is 4.39 Å². The molecule has 6 nitrogen and oxygen atoms in total. The van der Waals surface area contributed by atoms with Gasteiger partial charge in [0.05, 0.1) is 19.3 Å². The van der Waals surface area contributed by atoms with Gasteiger partial charge in [0.2, 0.25) is 5.78 Å². The third-order valence-electron chi connectivity index (χ3n) is 3.17. The maximum Gasteiger partial charge on any atom is 0.308 e. The first-order chi connectivity index (χ1) is 11.5. The monoisotopic (exact) mass is 333 g/mol. The maximum absolute atomic E-state index is 12.9. The molecule has 1 heterocycles. The second kappa shape index (κ2) is 8.05. The van der Waals surface area contributed by atoms with Crippen LogP contribution >= 0.6 is 0 Å². The average Bonchev–Trinajstić information content (AvgIpc) is 3.08. The van der Waals surface area contributed by atoms with E-state index in [9.17, 15) is 18.8 Å². The normalized spacial score (nSPS) is 11.6. The Kier molecular flexibility index (Phi) is 5.83. The molecule has 24 heavy (non-hydrogen) atoms. The molecule has 0 fully saturated rings. The lowest BCUT2D eigenvalue weighted by Crippen LogP contribution is -2.42. The number of nitrogens with one attached hydrogen (secondary N) is 1. The quantitative estimate of drug-likeness (QED) is 0.621. The maximum atomic E-state index is 12.9. The molecule has 1 aromatic carbocycles. The Bertz CT molecular complexity index is 709. The first-order valence-electron chi connectivity index (χ1n) is 7.31. The van der Waals surface area contributed by atoms with Crippen LogP contribution in [0.2, 0.25) is 0 Å². The van der Waals surface area contributed by atoms with E-state index >= 15 is 0 Å². The van der Waals surface area contributed by atoms with E-state index < -0.39 is 29.5 Å². The summed E-state index contributed by atoms with van der Waals surface area (Å²) >= 11 is 0. The highest BCUT2D eigenvalue weighted by Crippen LogP contribution is 2.10. The number of Topliss-reactive ketones (excluding diaryl/α,β-unsaturated/α-hetero) is 1. The minimum atomic E-state index is -1.15. The molecule has 1 unspecified atom stereocenters. The molecule has 1 aromatic heterocycles. The van der Waals surface area contributed by atoms with Crippen LogP contribution in [0.4, 0.5) is 4.39 Å². The van der Waals surface area contributed by atoms with Crippen LogP contribution in [-0.2, 0) is 9.53 Å². The number of rotatable bonds is 7. The van der Waals surface area contributed by atoms with E-state index in [-0.39, 0.29) is 24.4 Å². The fraction of sp³-hybridized carbons (Fsp3) is 0.235. The first-order valence-corrected chi connectivity index (χ1v) is 7.31. The molecule has 0 aliphatic carbocycles. The number of halogens is 1. The molecule has 0 saturated heterocycles. The molecule has 0 saturated carbocycles. The fourth-order valence-electron chi connectivity index (χ4n) is 2.03. The Morgan fingerprint density at radius 3 is 2.50 bits per heavy atom. The van der Waals surface area contributed by atoms with Crippen molar-refractivity contribution in [1.29, 1.82) is 0 Å². The molecule has 1 amide bonds. The summed E-state index contributed by atoms with van der Waals surface area (Å²) in [6, 6.07) is 6.63. The van der Waals surface area contributed by atoms with Gasteiger partial charge in [-0.3, -0.25) is 14.4 Å². The van der Waals surface area contributed by atoms with Crippen molar-refractivity contribution in [2.24, 2.45) is 0 Å². The second-order valence-electron chi connectivity index (χ2n) is 4.88. The van der Waals surface area contributed by atoms with Gasteiger partial charge in [-0.2, -0.15) is 0 Å². The Morgan fingerprint density at radius 2 is 1.92 bits per heavy atom. The van der Waals surface area contributed by atoms with Crippen LogP contribution in [0.5, 0.6) is 0 Å². The number of hydrogen-bond acceptors (Lipinski definition) is 5. The topological polar surface area (TPSA) is 85.6 Å². The Balaban J connectivity index is 2.15. The standard InChI is InChI=1S/C17H16FNO5/c1-2-23-15(20)10-13(16(21)14-4-3-9-24-14)19-17(22)11-5-7-12(18)8-6-11/h3-9,13H,2,10H2,1H3,(H,19,22). The molecule has 0 radical (unpaired) electrons. The predicted molar refractivity (Wildman–Crippen MR) is 81.9 cm³/mol. The molecule has 1 atom stereocenters. The van der Waals surface area contributed by atoms with Crippen molar-refractivity contribution in [3.05, 3.63) is 59.8 Å². The molecule has 0 aliphatic rings. The number of amides is 1. The molecule has 7 heteroatoms. The number of furan rings is 1. The van der Waals surface area contributed by atoms with Gasteiger partial charge in [0.25, 0.3) is 5.91 Å². The van der Waals surface area contributed by atoms with Crippen molar-refractivity contribution in [3.8, 4) is 0 Å². The van der Waals surface area contributed by atoms with Crippen LogP contribution in [0.3, 0.4) is 0 Å². The molecule has 0 aliphatic heterocycles. The Hall–Kier alpha value is -2.96. The number of esters is 1. The summed E-state index contributed by atoms with van der Waals surface area (Å²) in [4.78, 5) is 36.3. The third kappa shape index (κ3) is 4.52. The van der Waals surface area contributed by atoms with Crippen LogP contribution in [0, 0.1) is 5.82 Å². The molecule has 126 valence electrons. The van der Waals surface area contributed by atoms with Crippen molar-refractivity contribution < 1.29 is 27.9 Å². The highest BCUT2D eigenvalue weighted by atomic mass is 19.1. The zero-order chi connectivity index (χ0) is 17.5. The summed E-state index contributed by atoms with van der Waals surface area (Å²) in [6.07, 6.45) is 0.983. The summed E-state index contributed by atoms with van der Waals surface area (Å²) in [5.74, 6) is -2.25. The first kappa shape index (κ1) is 17.4. The van der Waals surface area contributed by atoms with E-state index in [1.807, 2.05) is 0 Å². The smallest absolute Gasteiger partial charge is 0.308 e. The largest absolute Gasteiger partial charge is 0.466 e. The number of carbonyl (C=O) groups is 3. The van der Waals surface area contributed by atoms with Crippen LogP contribution in [0.15, 0.2) is 47.1 Å². The van der Waals surface area contributed by atoms with Crippen LogP contribution in [-0.4, -0.2) is 30.3 Å². The van der Waals surface area contributed by atoms with E-state index in [1.54, 1.807) is 6.92 Å². The number of carbonyl (C=O) groups excluding carboxylic acids is 3. The molecule has 0 spiro atoms. The van der Waals surface area contributed by atoms with Gasteiger partial charge in [0.15, 0.2) is 5.76 Å². The SMILES string of the molecule is CCOC(=O)CC(NC(=O)c1ccc(F)cc1)C(=O)c1ccco1. The summed E-state index contributed by atoms with van der Waals surface area (Å²) in [7, 11) is 0. The van der Waals surface area contributed by atoms with Crippen molar-refractivity contribution in [2.75, 3.05) is 6.61 Å². The average molecular weight is 333 g/mol. The van der Waals surface area contributed by atoms with Crippen LogP contribution in [0.25, 0.3) is 0 Å². The predicted octanol–water partition coefficient (Wildman–Crippen LogP) is 2.35. The molecule has 1 N–H and O–H groups in total. The number of benzene rings is 1. The van der Waals surface area contributed by atoms with Gasteiger partial charge in [-0.05, 0) is 43.3 Å². The van der Waals surface area contributed by atoms with Gasteiger partial charge < -0.3 is 14.5 Å². The van der Waals surface area contributed by atoms with E-state index in [0.717, 1.165) is 12.1 Å². The van der Waals surface area contributed by atoms with Gasteiger partial charge in [0.1, 0.15) is 11.9 Å². The van der Waals surface area contributed by atoms with Gasteiger partial charge in [-0.1, -0.05) is 0 Å². The highest BCUT2D eigenvalue weighted by Gasteiger charge is 2.27. The van der Waals surface area contributed by atoms with Crippen LogP contribution < -0.4 is 5.32 Å². The zero-order valence-corrected chi connectivity index (χ0v) is 13.0. The molecular weight excluding hydrogens is 317 g/mol. The molecule has 0 bridgehead atoms. The van der Waals surface area contributed by atoms with Crippen molar-refractivity contribution in [2.45, 2.75) is 19.4 Å². The molecule has 2 rings (SSSR count). The Labute approximate surface area is 137 Å². The number of ether oxygens (including phenoxy) is 1. The summed E-state index contributed by atoms with van der Waals surface area (Å²) in [6.45, 7) is 1.80. The van der Waals surface area contributed by atoms with E-state index in [4.69, 9.17) is 9.15 Å².